The van der Waals surface area contributed by atoms with Crippen LogP contribution in [0.3, 0.4) is 0 Å². The van der Waals surface area contributed by atoms with Gasteiger partial charge in [-0.2, -0.15) is 0 Å². The molecule has 0 unspecified atom stereocenters. The van der Waals surface area contributed by atoms with Crippen molar-refractivity contribution < 1.29 is 14.0 Å². The number of imide groups is 1. The van der Waals surface area contributed by atoms with E-state index in [0.29, 0.717) is 22.6 Å². The van der Waals surface area contributed by atoms with Crippen LogP contribution in [-0.2, 0) is 11.3 Å². The Kier molecular flexibility index (Phi) is 7.50. The van der Waals surface area contributed by atoms with Crippen LogP contribution < -0.4 is 16.0 Å². The number of aromatic nitrogens is 2. The molecule has 0 atom stereocenters. The number of anilines is 1. The maximum Gasteiger partial charge on any atom is 0.290 e. The van der Waals surface area contributed by atoms with Gasteiger partial charge in [0.15, 0.2) is 0 Å². The SMILES string of the molecule is O=C1NC(=O)/C(=C/c2ccnc(NC3CCC(NCc4ccc(F)cc4C4=CSCC4)CC3)n2)S1. The lowest BCUT2D eigenvalue weighted by Crippen LogP contribution is -2.37. The van der Waals surface area contributed by atoms with Crippen molar-refractivity contribution in [1.82, 2.24) is 20.6 Å². The summed E-state index contributed by atoms with van der Waals surface area (Å²) >= 11 is 2.66. The fraction of sp³-hybridized carbons (Fsp3) is 0.360. The van der Waals surface area contributed by atoms with Crippen molar-refractivity contribution in [2.24, 2.45) is 0 Å². The van der Waals surface area contributed by atoms with Crippen molar-refractivity contribution in [3.8, 4) is 0 Å². The van der Waals surface area contributed by atoms with Gasteiger partial charge in [0.1, 0.15) is 5.82 Å². The van der Waals surface area contributed by atoms with Gasteiger partial charge < -0.3 is 10.6 Å². The van der Waals surface area contributed by atoms with Crippen LogP contribution in [0, 0.1) is 5.82 Å². The van der Waals surface area contributed by atoms with E-state index in [1.54, 1.807) is 42.2 Å². The van der Waals surface area contributed by atoms with Gasteiger partial charge in [-0.15, -0.1) is 11.8 Å². The van der Waals surface area contributed by atoms with Gasteiger partial charge in [-0.25, -0.2) is 14.4 Å². The first-order valence-corrected chi connectivity index (χ1v) is 13.6. The minimum Gasteiger partial charge on any atom is -0.351 e. The minimum atomic E-state index is -0.398. The van der Waals surface area contributed by atoms with Crippen LogP contribution >= 0.6 is 23.5 Å². The smallest absolute Gasteiger partial charge is 0.290 e. The van der Waals surface area contributed by atoms with Crippen molar-refractivity contribution in [3.63, 3.8) is 0 Å². The summed E-state index contributed by atoms with van der Waals surface area (Å²) < 4.78 is 13.9. The van der Waals surface area contributed by atoms with Crippen LogP contribution in [0.15, 0.2) is 40.8 Å². The maximum atomic E-state index is 13.9. The van der Waals surface area contributed by atoms with Gasteiger partial charge in [0.2, 0.25) is 5.95 Å². The Morgan fingerprint density at radius 2 is 1.97 bits per heavy atom. The number of hydrogen-bond acceptors (Lipinski definition) is 8. The molecule has 5 rings (SSSR count). The summed E-state index contributed by atoms with van der Waals surface area (Å²) in [5.74, 6) is 0.998. The summed E-state index contributed by atoms with van der Waals surface area (Å²) in [4.78, 5) is 32.2. The van der Waals surface area contributed by atoms with Crippen molar-refractivity contribution >= 4 is 52.3 Å². The Balaban J connectivity index is 1.13. The average molecular weight is 512 g/mol. The molecule has 1 aromatic heterocycles. The van der Waals surface area contributed by atoms with Crippen LogP contribution in [0.5, 0.6) is 0 Å². The summed E-state index contributed by atoms with van der Waals surface area (Å²) in [5, 5.41) is 11.1. The van der Waals surface area contributed by atoms with Crippen molar-refractivity contribution in [2.75, 3.05) is 11.1 Å². The molecular weight excluding hydrogens is 485 g/mol. The molecule has 1 aromatic carbocycles. The number of halogens is 1. The fourth-order valence-electron chi connectivity index (χ4n) is 4.54. The molecule has 10 heteroatoms. The number of nitrogens with zero attached hydrogens (tertiary/aromatic N) is 2. The van der Waals surface area contributed by atoms with E-state index < -0.39 is 5.91 Å². The average Bonchev–Trinajstić information content (AvgIpc) is 3.49. The number of nitrogens with one attached hydrogen (secondary N) is 3. The van der Waals surface area contributed by atoms with E-state index in [4.69, 9.17) is 0 Å². The van der Waals surface area contributed by atoms with Crippen molar-refractivity contribution in [3.05, 3.63) is 63.4 Å². The highest BCUT2D eigenvalue weighted by atomic mass is 32.2. The van der Waals surface area contributed by atoms with Gasteiger partial charge in [-0.1, -0.05) is 6.07 Å². The second-order valence-corrected chi connectivity index (χ2v) is 10.8. The molecule has 3 heterocycles. The molecular formula is C25H26FN5O2S2. The number of rotatable bonds is 7. The van der Waals surface area contributed by atoms with Crippen LogP contribution in [0.2, 0.25) is 0 Å². The first kappa shape index (κ1) is 24.0. The molecule has 0 bridgehead atoms. The molecule has 2 aliphatic heterocycles. The van der Waals surface area contributed by atoms with E-state index in [0.717, 1.165) is 67.3 Å². The van der Waals surface area contributed by atoms with E-state index >= 15 is 0 Å². The lowest BCUT2D eigenvalue weighted by atomic mass is 9.90. The monoisotopic (exact) mass is 511 g/mol. The normalized spacial score (nSPS) is 23.5. The third-order valence-corrected chi connectivity index (χ3v) is 8.07. The van der Waals surface area contributed by atoms with Gasteiger partial charge in [-0.05, 0) is 90.2 Å². The fourth-order valence-corrected chi connectivity index (χ4v) is 6.11. The van der Waals surface area contributed by atoms with Crippen LogP contribution in [0.1, 0.15) is 48.9 Å². The zero-order chi connectivity index (χ0) is 24.2. The molecule has 3 aliphatic rings. The Bertz CT molecular complexity index is 1190. The zero-order valence-electron chi connectivity index (χ0n) is 19.1. The summed E-state index contributed by atoms with van der Waals surface area (Å²) in [6.45, 7) is 0.730. The maximum absolute atomic E-state index is 13.9. The van der Waals surface area contributed by atoms with E-state index in [1.807, 2.05) is 6.07 Å². The molecule has 3 N–H and O–H groups in total. The molecule has 2 aromatic rings. The van der Waals surface area contributed by atoms with Gasteiger partial charge in [0.25, 0.3) is 11.1 Å². The minimum absolute atomic E-state index is 0.186. The first-order chi connectivity index (χ1) is 17.0. The molecule has 35 heavy (non-hydrogen) atoms. The van der Waals surface area contributed by atoms with Crippen LogP contribution in [-0.4, -0.2) is 39.0 Å². The Morgan fingerprint density at radius 1 is 1.14 bits per heavy atom. The molecule has 182 valence electrons. The Labute approximate surface area is 211 Å². The van der Waals surface area contributed by atoms with Crippen LogP contribution in [0.4, 0.5) is 15.1 Å². The standard InChI is InChI=1S/C25H26FN5O2S2/c26-17-2-1-15(21(11-17)16-8-10-34-14-16)13-28-18-3-5-19(6-4-18)29-24-27-9-7-20(30-24)12-22-23(32)31-25(33)35-22/h1-2,7,9,11-12,14,18-19,28H,3-6,8,10,13H2,(H,27,29,30)(H,31,32,33)/b22-12-. The van der Waals surface area contributed by atoms with E-state index in [2.05, 4.69) is 31.3 Å². The quantitative estimate of drug-likeness (QED) is 0.451. The molecule has 1 aliphatic carbocycles. The predicted molar refractivity (Wildman–Crippen MR) is 139 cm³/mol. The number of carbonyl (C=O) groups excluding carboxylic acids is 2. The first-order valence-electron chi connectivity index (χ1n) is 11.7. The molecule has 0 radical (unpaired) electrons. The third kappa shape index (κ3) is 6.12. The zero-order valence-corrected chi connectivity index (χ0v) is 20.7. The van der Waals surface area contributed by atoms with Crippen molar-refractivity contribution in [2.45, 2.75) is 50.7 Å². The van der Waals surface area contributed by atoms with E-state index in [1.165, 1.54) is 5.57 Å². The van der Waals surface area contributed by atoms with Gasteiger partial charge in [-0.3, -0.25) is 14.9 Å². The summed E-state index contributed by atoms with van der Waals surface area (Å²) in [6.07, 6.45) is 8.25. The second-order valence-electron chi connectivity index (χ2n) is 8.80. The summed E-state index contributed by atoms with van der Waals surface area (Å²) in [7, 11) is 0. The number of hydrogen-bond donors (Lipinski definition) is 3. The molecule has 1 saturated heterocycles. The number of amides is 2. The molecule has 0 spiro atoms. The molecule has 2 fully saturated rings. The number of benzene rings is 1. The second kappa shape index (κ2) is 10.9. The van der Waals surface area contributed by atoms with E-state index in [-0.39, 0.29) is 17.1 Å². The molecule has 1 saturated carbocycles. The number of thioether (sulfide) groups is 2. The lowest BCUT2D eigenvalue weighted by molar-refractivity contribution is -0.115. The topological polar surface area (TPSA) is 96.0 Å². The lowest BCUT2D eigenvalue weighted by Gasteiger charge is -2.30. The largest absolute Gasteiger partial charge is 0.351 e. The predicted octanol–water partition coefficient (Wildman–Crippen LogP) is 4.93. The van der Waals surface area contributed by atoms with E-state index in [9.17, 15) is 14.0 Å². The number of carbonyl (C=O) groups is 2. The molecule has 7 nitrogen and oxygen atoms in total. The molecule has 2 amide bonds. The highest BCUT2D eigenvalue weighted by molar-refractivity contribution is 8.18. The third-order valence-electron chi connectivity index (χ3n) is 6.37. The summed E-state index contributed by atoms with van der Waals surface area (Å²) in [5.41, 5.74) is 3.99. The van der Waals surface area contributed by atoms with Crippen LogP contribution in [0.25, 0.3) is 11.6 Å². The Hall–Kier alpha value is -2.69. The highest BCUT2D eigenvalue weighted by Gasteiger charge is 2.25. The van der Waals surface area contributed by atoms with Gasteiger partial charge >= 0.3 is 0 Å². The Morgan fingerprint density at radius 3 is 2.71 bits per heavy atom. The van der Waals surface area contributed by atoms with Gasteiger partial charge in [0, 0.05) is 30.6 Å². The number of allylic oxidation sites excluding steroid dienone is 1. The summed E-state index contributed by atoms with van der Waals surface area (Å²) in [6, 6.07) is 7.49. The van der Waals surface area contributed by atoms with Gasteiger partial charge in [0.05, 0.1) is 10.6 Å². The van der Waals surface area contributed by atoms with Crippen molar-refractivity contribution in [1.29, 1.82) is 0 Å². The highest BCUT2D eigenvalue weighted by Crippen LogP contribution is 2.33.